The average Bonchev–Trinajstić information content (AvgIpc) is 3.02. The van der Waals surface area contributed by atoms with Crippen molar-refractivity contribution in [2.75, 3.05) is 26.2 Å². The van der Waals surface area contributed by atoms with E-state index in [2.05, 4.69) is 10.5 Å². The highest BCUT2D eigenvalue weighted by Gasteiger charge is 2.32. The van der Waals surface area contributed by atoms with E-state index >= 15 is 0 Å². The highest BCUT2D eigenvalue weighted by Crippen LogP contribution is 2.25. The van der Waals surface area contributed by atoms with Crippen molar-refractivity contribution in [1.82, 2.24) is 14.6 Å². The molecule has 1 aromatic rings. The summed E-state index contributed by atoms with van der Waals surface area (Å²) in [6.45, 7) is 3.00. The van der Waals surface area contributed by atoms with Crippen molar-refractivity contribution in [3.05, 3.63) is 17.0 Å². The van der Waals surface area contributed by atoms with Gasteiger partial charge in [-0.3, -0.25) is 9.59 Å². The minimum Gasteiger partial charge on any atom is -0.335 e. The molecule has 0 aliphatic carbocycles. The molecular formula is C14H18N4O4S2. The van der Waals surface area contributed by atoms with E-state index in [9.17, 15) is 18.0 Å². The maximum atomic E-state index is 12.6. The van der Waals surface area contributed by atoms with Crippen molar-refractivity contribution in [1.29, 1.82) is 0 Å². The van der Waals surface area contributed by atoms with Crippen LogP contribution in [0.3, 0.4) is 0 Å². The van der Waals surface area contributed by atoms with Crippen molar-refractivity contribution in [3.8, 4) is 0 Å². The van der Waals surface area contributed by atoms with Gasteiger partial charge in [-0.1, -0.05) is 0 Å². The van der Waals surface area contributed by atoms with E-state index in [1.165, 1.54) is 15.6 Å². The molecule has 0 bridgehead atoms. The fourth-order valence-corrected chi connectivity index (χ4v) is 5.48. The smallest absolute Gasteiger partial charge is 0.270 e. The third-order valence-electron chi connectivity index (χ3n) is 3.99. The Bertz CT molecular complexity index is 791. The lowest BCUT2D eigenvalue weighted by atomic mass is 10.1. The van der Waals surface area contributed by atoms with Crippen molar-refractivity contribution in [2.24, 2.45) is 5.10 Å². The van der Waals surface area contributed by atoms with Crippen LogP contribution in [-0.2, 0) is 19.6 Å². The second kappa shape index (κ2) is 6.61. The molecule has 1 N–H and O–H groups in total. The summed E-state index contributed by atoms with van der Waals surface area (Å²) in [6, 6.07) is 3.40. The summed E-state index contributed by atoms with van der Waals surface area (Å²) in [5, 5.41) is 3.80. The van der Waals surface area contributed by atoms with Crippen LogP contribution in [-0.4, -0.2) is 61.3 Å². The SMILES string of the molecule is Cc1ccc(S(=O)(=O)N2CCN(C(=O)C3=NNC(=O)CC3)CC2)s1. The summed E-state index contributed by atoms with van der Waals surface area (Å²) in [5.74, 6) is -0.437. The molecule has 24 heavy (non-hydrogen) atoms. The summed E-state index contributed by atoms with van der Waals surface area (Å²) in [7, 11) is -3.50. The van der Waals surface area contributed by atoms with Crippen LogP contribution in [0.4, 0.5) is 0 Å². The van der Waals surface area contributed by atoms with Gasteiger partial charge in [-0.2, -0.15) is 9.41 Å². The molecule has 1 aromatic heterocycles. The van der Waals surface area contributed by atoms with Gasteiger partial charge in [0.2, 0.25) is 5.91 Å². The van der Waals surface area contributed by atoms with Gasteiger partial charge in [-0.25, -0.2) is 13.8 Å². The third-order valence-corrected chi connectivity index (χ3v) is 7.35. The van der Waals surface area contributed by atoms with Gasteiger partial charge in [-0.15, -0.1) is 11.3 Å². The molecule has 0 radical (unpaired) electrons. The maximum absolute atomic E-state index is 12.6. The molecular weight excluding hydrogens is 352 g/mol. The number of thiophene rings is 1. The van der Waals surface area contributed by atoms with Crippen molar-refractivity contribution in [2.45, 2.75) is 24.0 Å². The van der Waals surface area contributed by atoms with Crippen molar-refractivity contribution >= 4 is 38.9 Å². The van der Waals surface area contributed by atoms with Crippen LogP contribution in [0.25, 0.3) is 0 Å². The van der Waals surface area contributed by atoms with Crippen molar-refractivity contribution < 1.29 is 18.0 Å². The second-order valence-electron chi connectivity index (χ2n) is 5.65. The lowest BCUT2D eigenvalue weighted by molar-refractivity contribution is -0.125. The summed E-state index contributed by atoms with van der Waals surface area (Å²) >= 11 is 1.25. The number of nitrogens with zero attached hydrogens (tertiary/aromatic N) is 3. The Morgan fingerprint density at radius 2 is 1.92 bits per heavy atom. The molecule has 2 aliphatic heterocycles. The maximum Gasteiger partial charge on any atom is 0.270 e. The Balaban J connectivity index is 1.63. The van der Waals surface area contributed by atoms with Gasteiger partial charge in [-0.05, 0) is 19.1 Å². The number of hydrogen-bond donors (Lipinski definition) is 1. The number of carbonyl (C=O) groups is 2. The quantitative estimate of drug-likeness (QED) is 0.819. The Kier molecular flexibility index (Phi) is 4.70. The van der Waals surface area contributed by atoms with E-state index in [1.54, 1.807) is 17.0 Å². The number of hydrogen-bond acceptors (Lipinski definition) is 6. The molecule has 0 saturated carbocycles. The topological polar surface area (TPSA) is 99.2 Å². The normalized spacial score (nSPS) is 19.8. The zero-order valence-electron chi connectivity index (χ0n) is 13.2. The van der Waals surface area contributed by atoms with E-state index in [0.717, 1.165) is 4.88 Å². The minimum atomic E-state index is -3.50. The fraction of sp³-hybridized carbons (Fsp3) is 0.500. The molecule has 130 valence electrons. The number of nitrogens with one attached hydrogen (secondary N) is 1. The van der Waals surface area contributed by atoms with E-state index in [-0.39, 0.29) is 31.3 Å². The summed E-state index contributed by atoms with van der Waals surface area (Å²) in [4.78, 5) is 26.0. The molecule has 1 fully saturated rings. The Morgan fingerprint density at radius 1 is 1.21 bits per heavy atom. The van der Waals surface area contributed by atoms with Crippen LogP contribution < -0.4 is 5.43 Å². The number of piperazine rings is 1. The van der Waals surface area contributed by atoms with E-state index in [1.807, 2.05) is 6.92 Å². The molecule has 0 unspecified atom stereocenters. The first kappa shape index (κ1) is 17.1. The minimum absolute atomic E-state index is 0.200. The number of carbonyl (C=O) groups excluding carboxylic acids is 2. The second-order valence-corrected chi connectivity index (χ2v) is 9.11. The monoisotopic (exact) mass is 370 g/mol. The highest BCUT2D eigenvalue weighted by atomic mass is 32.2. The number of amides is 2. The van der Waals surface area contributed by atoms with Crippen LogP contribution in [0.1, 0.15) is 17.7 Å². The molecule has 0 spiro atoms. The van der Waals surface area contributed by atoms with E-state index in [0.29, 0.717) is 29.4 Å². The van der Waals surface area contributed by atoms with Gasteiger partial charge in [0, 0.05) is 43.9 Å². The van der Waals surface area contributed by atoms with Crippen LogP contribution in [0.2, 0.25) is 0 Å². The van der Waals surface area contributed by atoms with Gasteiger partial charge < -0.3 is 4.90 Å². The van der Waals surface area contributed by atoms with Gasteiger partial charge in [0.15, 0.2) is 0 Å². The summed E-state index contributed by atoms with van der Waals surface area (Å²) < 4.78 is 26.9. The molecule has 3 heterocycles. The highest BCUT2D eigenvalue weighted by molar-refractivity contribution is 7.91. The lowest BCUT2D eigenvalue weighted by Crippen LogP contribution is -2.52. The van der Waals surface area contributed by atoms with Crippen molar-refractivity contribution in [3.63, 3.8) is 0 Å². The van der Waals surface area contributed by atoms with Gasteiger partial charge in [0.05, 0.1) is 0 Å². The third kappa shape index (κ3) is 3.35. The first-order valence-corrected chi connectivity index (χ1v) is 9.85. The van der Waals surface area contributed by atoms with Gasteiger partial charge in [0.1, 0.15) is 9.92 Å². The Labute approximate surface area is 144 Å². The molecule has 2 aliphatic rings. The van der Waals surface area contributed by atoms with Crippen LogP contribution in [0.5, 0.6) is 0 Å². The predicted octanol–water partition coefficient (Wildman–Crippen LogP) is 0.155. The molecule has 3 rings (SSSR count). The molecule has 1 saturated heterocycles. The average molecular weight is 370 g/mol. The largest absolute Gasteiger partial charge is 0.335 e. The van der Waals surface area contributed by atoms with E-state index in [4.69, 9.17) is 0 Å². The fourth-order valence-electron chi connectivity index (χ4n) is 2.62. The van der Waals surface area contributed by atoms with E-state index < -0.39 is 10.0 Å². The molecule has 10 heteroatoms. The first-order chi connectivity index (χ1) is 11.4. The van der Waals surface area contributed by atoms with Gasteiger partial charge >= 0.3 is 0 Å². The van der Waals surface area contributed by atoms with Crippen LogP contribution in [0, 0.1) is 6.92 Å². The number of sulfonamides is 1. The lowest BCUT2D eigenvalue weighted by Gasteiger charge is -2.34. The van der Waals surface area contributed by atoms with Crippen LogP contribution >= 0.6 is 11.3 Å². The molecule has 0 aromatic carbocycles. The zero-order valence-corrected chi connectivity index (χ0v) is 14.8. The summed E-state index contributed by atoms with van der Waals surface area (Å²) in [5.41, 5.74) is 2.62. The zero-order chi connectivity index (χ0) is 17.3. The Hall–Kier alpha value is -1.78. The predicted molar refractivity (Wildman–Crippen MR) is 89.2 cm³/mol. The standard InChI is InChI=1S/C14H18N4O4S2/c1-10-2-5-13(23-10)24(21,22)18-8-6-17(7-9-18)14(20)11-3-4-12(19)16-15-11/h2,5H,3-4,6-9H2,1H3,(H,16,19). The molecule has 2 amide bonds. The molecule has 8 nitrogen and oxygen atoms in total. The number of aryl methyl sites for hydroxylation is 1. The number of hydrazone groups is 1. The first-order valence-electron chi connectivity index (χ1n) is 7.59. The van der Waals surface area contributed by atoms with Gasteiger partial charge in [0.25, 0.3) is 15.9 Å². The molecule has 0 atom stereocenters. The number of rotatable bonds is 3. The Morgan fingerprint density at radius 3 is 2.46 bits per heavy atom. The van der Waals surface area contributed by atoms with Crippen LogP contribution in [0.15, 0.2) is 21.4 Å². The summed E-state index contributed by atoms with van der Waals surface area (Å²) in [6.07, 6.45) is 0.564.